The minimum atomic E-state index is 1.03. The van der Waals surface area contributed by atoms with Crippen LogP contribution in [0.5, 0.6) is 0 Å². The van der Waals surface area contributed by atoms with Gasteiger partial charge in [-0.05, 0) is 32.0 Å². The Balaban J connectivity index is 2.13. The molecular weight excluding hydrogens is 218 g/mol. The first kappa shape index (κ1) is 11.0. The quantitative estimate of drug-likeness (QED) is 0.602. The van der Waals surface area contributed by atoms with Crippen LogP contribution in [0.15, 0.2) is 54.6 Å². The Labute approximate surface area is 107 Å². The van der Waals surface area contributed by atoms with Crippen LogP contribution < -0.4 is 0 Å². The van der Waals surface area contributed by atoms with Crippen molar-refractivity contribution in [2.75, 3.05) is 0 Å². The van der Waals surface area contributed by atoms with Crippen LogP contribution in [0, 0.1) is 13.8 Å². The van der Waals surface area contributed by atoms with Crippen LogP contribution in [-0.2, 0) is 0 Å². The minimum absolute atomic E-state index is 1.03. The number of aromatic nitrogens is 1. The molecule has 1 heterocycles. The van der Waals surface area contributed by atoms with Gasteiger partial charge in [-0.15, -0.1) is 0 Å². The molecule has 3 rings (SSSR count). The molecule has 0 aliphatic rings. The predicted molar refractivity (Wildman–Crippen MR) is 76.7 cm³/mol. The van der Waals surface area contributed by atoms with Crippen LogP contribution in [0.3, 0.4) is 0 Å². The summed E-state index contributed by atoms with van der Waals surface area (Å²) in [7, 11) is 0. The van der Waals surface area contributed by atoms with Gasteiger partial charge >= 0.3 is 0 Å². The third-order valence-corrected chi connectivity index (χ3v) is 3.19. The minimum Gasteiger partial charge on any atom is -0.248 e. The third kappa shape index (κ3) is 2.00. The number of rotatable bonds is 1. The molecule has 1 heteroatoms. The molecule has 0 amide bonds. The molecule has 0 fully saturated rings. The molecule has 2 aromatic carbocycles. The number of benzene rings is 2. The third-order valence-electron chi connectivity index (χ3n) is 3.19. The average molecular weight is 233 g/mol. The molecule has 0 N–H and O–H groups in total. The van der Waals surface area contributed by atoms with Gasteiger partial charge in [-0.25, -0.2) is 4.98 Å². The van der Waals surface area contributed by atoms with Gasteiger partial charge in [0, 0.05) is 10.9 Å². The summed E-state index contributed by atoms with van der Waals surface area (Å²) in [4.78, 5) is 4.72. The zero-order valence-corrected chi connectivity index (χ0v) is 10.6. The van der Waals surface area contributed by atoms with Gasteiger partial charge in [0.05, 0.1) is 11.2 Å². The Hall–Kier alpha value is -2.15. The number of fused-ring (bicyclic) bond motifs is 1. The predicted octanol–water partition coefficient (Wildman–Crippen LogP) is 4.52. The summed E-state index contributed by atoms with van der Waals surface area (Å²) in [5.41, 5.74) is 5.80. The fourth-order valence-electron chi connectivity index (χ4n) is 2.13. The number of nitrogens with zero attached hydrogens (tertiary/aromatic N) is 1. The van der Waals surface area contributed by atoms with E-state index in [1.165, 1.54) is 22.1 Å². The van der Waals surface area contributed by atoms with Crippen LogP contribution in [0.25, 0.3) is 22.2 Å². The van der Waals surface area contributed by atoms with Crippen LogP contribution in [0.2, 0.25) is 0 Å². The molecule has 18 heavy (non-hydrogen) atoms. The number of hydrogen-bond donors (Lipinski definition) is 0. The van der Waals surface area contributed by atoms with E-state index >= 15 is 0 Å². The van der Waals surface area contributed by atoms with E-state index in [0.717, 1.165) is 11.2 Å². The fraction of sp³-hybridized carbons (Fsp3) is 0.118. The molecule has 0 aliphatic carbocycles. The summed E-state index contributed by atoms with van der Waals surface area (Å²) in [6.45, 7) is 4.20. The highest BCUT2D eigenvalue weighted by Gasteiger charge is 2.01. The molecule has 0 atom stereocenters. The van der Waals surface area contributed by atoms with Crippen molar-refractivity contribution in [3.05, 3.63) is 65.7 Å². The summed E-state index contributed by atoms with van der Waals surface area (Å²) in [5.74, 6) is 0. The van der Waals surface area contributed by atoms with Crippen molar-refractivity contribution in [3.8, 4) is 11.3 Å². The molecule has 0 radical (unpaired) electrons. The van der Waals surface area contributed by atoms with Crippen LogP contribution >= 0.6 is 0 Å². The second-order valence-corrected chi connectivity index (χ2v) is 4.76. The second kappa shape index (κ2) is 4.26. The van der Waals surface area contributed by atoms with E-state index < -0.39 is 0 Å². The van der Waals surface area contributed by atoms with E-state index in [9.17, 15) is 0 Å². The molecule has 0 saturated heterocycles. The first-order valence-electron chi connectivity index (χ1n) is 6.17. The molecule has 1 aromatic heterocycles. The monoisotopic (exact) mass is 233 g/mol. The summed E-state index contributed by atoms with van der Waals surface area (Å²) in [5, 5.41) is 1.20. The molecule has 0 aliphatic heterocycles. The van der Waals surface area contributed by atoms with Gasteiger partial charge in [0.1, 0.15) is 0 Å². The molecular formula is C17H15N. The Morgan fingerprint density at radius 1 is 0.722 bits per heavy atom. The summed E-state index contributed by atoms with van der Waals surface area (Å²) in [6.07, 6.45) is 0. The zero-order valence-electron chi connectivity index (χ0n) is 10.6. The van der Waals surface area contributed by atoms with Gasteiger partial charge < -0.3 is 0 Å². The molecule has 88 valence electrons. The van der Waals surface area contributed by atoms with Crippen LogP contribution in [0.1, 0.15) is 11.1 Å². The Morgan fingerprint density at radius 3 is 2.22 bits per heavy atom. The highest BCUT2D eigenvalue weighted by molar-refractivity contribution is 5.82. The first-order valence-corrected chi connectivity index (χ1v) is 6.17. The van der Waals surface area contributed by atoms with E-state index in [2.05, 4.69) is 68.4 Å². The van der Waals surface area contributed by atoms with Gasteiger partial charge in [0.2, 0.25) is 0 Å². The van der Waals surface area contributed by atoms with E-state index in [0.29, 0.717) is 0 Å². The molecule has 0 bridgehead atoms. The average Bonchev–Trinajstić information content (AvgIpc) is 2.39. The van der Waals surface area contributed by atoms with Crippen molar-refractivity contribution >= 4 is 10.9 Å². The SMILES string of the molecule is Cc1ccc(-c2ccc3cc(C)ccc3n2)cc1. The van der Waals surface area contributed by atoms with Gasteiger partial charge in [0.15, 0.2) is 0 Å². The standard InChI is InChI=1S/C17H15N/c1-12-3-6-14(7-4-12)16-10-8-15-11-13(2)5-9-17(15)18-16/h3-11H,1-2H3. The molecule has 0 saturated carbocycles. The van der Waals surface area contributed by atoms with Gasteiger partial charge in [-0.1, -0.05) is 47.5 Å². The number of pyridine rings is 1. The van der Waals surface area contributed by atoms with Crippen molar-refractivity contribution in [3.63, 3.8) is 0 Å². The maximum absolute atomic E-state index is 4.72. The van der Waals surface area contributed by atoms with Gasteiger partial charge in [-0.2, -0.15) is 0 Å². The van der Waals surface area contributed by atoms with E-state index in [1.54, 1.807) is 0 Å². The smallest absolute Gasteiger partial charge is 0.0709 e. The van der Waals surface area contributed by atoms with Crippen molar-refractivity contribution in [2.24, 2.45) is 0 Å². The summed E-state index contributed by atoms with van der Waals surface area (Å²) in [6, 6.07) is 19.1. The fourth-order valence-corrected chi connectivity index (χ4v) is 2.13. The topological polar surface area (TPSA) is 12.9 Å². The van der Waals surface area contributed by atoms with Gasteiger partial charge in [-0.3, -0.25) is 0 Å². The lowest BCUT2D eigenvalue weighted by molar-refractivity contribution is 1.37. The molecule has 0 unspecified atom stereocenters. The highest BCUT2D eigenvalue weighted by atomic mass is 14.7. The normalized spacial score (nSPS) is 10.8. The van der Waals surface area contributed by atoms with E-state index in [-0.39, 0.29) is 0 Å². The molecule has 3 aromatic rings. The summed E-state index contributed by atoms with van der Waals surface area (Å²) >= 11 is 0. The Bertz CT molecular complexity index is 696. The summed E-state index contributed by atoms with van der Waals surface area (Å²) < 4.78 is 0. The first-order chi connectivity index (χ1) is 8.72. The largest absolute Gasteiger partial charge is 0.248 e. The Morgan fingerprint density at radius 2 is 1.44 bits per heavy atom. The molecule has 0 spiro atoms. The lowest BCUT2D eigenvalue weighted by Gasteiger charge is -2.04. The van der Waals surface area contributed by atoms with Crippen LogP contribution in [-0.4, -0.2) is 4.98 Å². The maximum atomic E-state index is 4.72. The zero-order chi connectivity index (χ0) is 12.5. The molecule has 1 nitrogen and oxygen atoms in total. The lowest BCUT2D eigenvalue weighted by atomic mass is 10.1. The van der Waals surface area contributed by atoms with Crippen LogP contribution in [0.4, 0.5) is 0 Å². The van der Waals surface area contributed by atoms with Crippen molar-refractivity contribution in [1.29, 1.82) is 0 Å². The number of hydrogen-bond acceptors (Lipinski definition) is 1. The van der Waals surface area contributed by atoms with Gasteiger partial charge in [0.25, 0.3) is 0 Å². The van der Waals surface area contributed by atoms with E-state index in [4.69, 9.17) is 4.98 Å². The van der Waals surface area contributed by atoms with Crippen molar-refractivity contribution in [1.82, 2.24) is 4.98 Å². The van der Waals surface area contributed by atoms with Crippen molar-refractivity contribution in [2.45, 2.75) is 13.8 Å². The second-order valence-electron chi connectivity index (χ2n) is 4.76. The van der Waals surface area contributed by atoms with E-state index in [1.807, 2.05) is 0 Å². The Kier molecular flexibility index (Phi) is 2.60. The number of aryl methyl sites for hydroxylation is 2. The highest BCUT2D eigenvalue weighted by Crippen LogP contribution is 2.21. The maximum Gasteiger partial charge on any atom is 0.0709 e. The van der Waals surface area contributed by atoms with Crippen molar-refractivity contribution < 1.29 is 0 Å². The lowest BCUT2D eigenvalue weighted by Crippen LogP contribution is -1.86.